The van der Waals surface area contributed by atoms with Crippen LogP contribution in [0.2, 0.25) is 0 Å². The summed E-state index contributed by atoms with van der Waals surface area (Å²) in [4.78, 5) is 0. The quantitative estimate of drug-likeness (QED) is 0.775. The number of phenols is 1. The van der Waals surface area contributed by atoms with Gasteiger partial charge < -0.3 is 15.9 Å². The molecule has 6 heteroatoms. The van der Waals surface area contributed by atoms with Crippen LogP contribution in [0.4, 0.5) is 4.39 Å². The van der Waals surface area contributed by atoms with Gasteiger partial charge in [0.1, 0.15) is 11.6 Å². The number of aliphatic hydroxyl groups excluding tert-OH is 1. The smallest absolute Gasteiger partial charge is 0.134 e. The Kier molecular flexibility index (Phi) is 5.36. The normalized spacial score (nSPS) is 12.0. The molecule has 0 spiro atoms. The van der Waals surface area contributed by atoms with Crippen LogP contribution in [-0.2, 0) is 0 Å². The molecule has 0 saturated heterocycles. The molecule has 1 aromatic rings. The number of aliphatic hydroxyl groups is 1. The van der Waals surface area contributed by atoms with E-state index in [-0.39, 0.29) is 34.8 Å². The summed E-state index contributed by atoms with van der Waals surface area (Å²) in [5.74, 6) is -0.647. The first-order valence-corrected chi connectivity index (χ1v) is 4.40. The Morgan fingerprint density at radius 3 is 2.57 bits per heavy atom. The van der Waals surface area contributed by atoms with Crippen molar-refractivity contribution in [2.24, 2.45) is 5.73 Å². The van der Waals surface area contributed by atoms with Crippen molar-refractivity contribution in [1.29, 1.82) is 0 Å². The van der Waals surface area contributed by atoms with Crippen LogP contribution in [0.1, 0.15) is 11.6 Å². The summed E-state index contributed by atoms with van der Waals surface area (Å²) in [7, 11) is 0. The molecule has 0 aliphatic heterocycles. The molecule has 0 aliphatic rings. The maximum atomic E-state index is 12.8. The Morgan fingerprint density at radius 2 is 2.07 bits per heavy atom. The first-order chi connectivity index (χ1) is 6.06. The van der Waals surface area contributed by atoms with Gasteiger partial charge in [-0.2, -0.15) is 0 Å². The minimum atomic E-state index is -0.771. The summed E-state index contributed by atoms with van der Waals surface area (Å²) >= 11 is 2.97. The average Bonchev–Trinajstić information content (AvgIpc) is 2.10. The van der Waals surface area contributed by atoms with Crippen LogP contribution in [0, 0.1) is 5.82 Å². The number of nitrogens with two attached hydrogens (primary N) is 1. The maximum absolute atomic E-state index is 12.8. The topological polar surface area (TPSA) is 66.5 Å². The van der Waals surface area contributed by atoms with Gasteiger partial charge in [0.15, 0.2) is 0 Å². The highest BCUT2D eigenvalue weighted by molar-refractivity contribution is 9.10. The predicted octanol–water partition coefficient (Wildman–Crippen LogP) is 1.71. The van der Waals surface area contributed by atoms with Gasteiger partial charge >= 0.3 is 0 Å². The molecule has 1 aromatic carbocycles. The lowest BCUT2D eigenvalue weighted by Crippen LogP contribution is -2.14. The van der Waals surface area contributed by atoms with Gasteiger partial charge in [-0.3, -0.25) is 0 Å². The third-order valence-corrected chi connectivity index (χ3v) is 2.26. The fourth-order valence-corrected chi connectivity index (χ4v) is 1.41. The molecule has 3 nitrogen and oxygen atoms in total. The van der Waals surface area contributed by atoms with Crippen LogP contribution in [0.5, 0.6) is 5.75 Å². The van der Waals surface area contributed by atoms with E-state index >= 15 is 0 Å². The zero-order valence-electron chi connectivity index (χ0n) is 7.08. The van der Waals surface area contributed by atoms with Crippen LogP contribution >= 0.6 is 28.3 Å². The Labute approximate surface area is 95.3 Å². The van der Waals surface area contributed by atoms with Gasteiger partial charge in [-0.05, 0) is 28.1 Å². The van der Waals surface area contributed by atoms with E-state index in [1.54, 1.807) is 0 Å². The van der Waals surface area contributed by atoms with Gasteiger partial charge in [0.2, 0.25) is 0 Å². The van der Waals surface area contributed by atoms with Crippen molar-refractivity contribution in [1.82, 2.24) is 0 Å². The Morgan fingerprint density at radius 1 is 1.50 bits per heavy atom. The number of halogens is 3. The standard InChI is InChI=1S/C8H9BrFNO2.ClH/c9-6-2-4(10)1-5(8(6)13)7(11)3-12;/h1-2,7,12-13H,3,11H2;1H/t7-;/m1./s1. The molecule has 0 heterocycles. The van der Waals surface area contributed by atoms with Gasteiger partial charge in [0.25, 0.3) is 0 Å². The van der Waals surface area contributed by atoms with Crippen LogP contribution in [0.3, 0.4) is 0 Å². The fraction of sp³-hybridized carbons (Fsp3) is 0.250. The van der Waals surface area contributed by atoms with E-state index in [2.05, 4.69) is 15.9 Å². The summed E-state index contributed by atoms with van der Waals surface area (Å²) in [6.45, 7) is -0.344. The van der Waals surface area contributed by atoms with Gasteiger partial charge in [-0.1, -0.05) is 0 Å². The second kappa shape index (κ2) is 5.50. The van der Waals surface area contributed by atoms with Gasteiger partial charge in [0.05, 0.1) is 17.1 Å². The van der Waals surface area contributed by atoms with E-state index in [0.29, 0.717) is 0 Å². The van der Waals surface area contributed by atoms with E-state index < -0.39 is 11.9 Å². The van der Waals surface area contributed by atoms with Crippen LogP contribution in [-0.4, -0.2) is 16.8 Å². The summed E-state index contributed by atoms with van der Waals surface area (Å²) in [6, 6.07) is 1.45. The third-order valence-electron chi connectivity index (χ3n) is 1.65. The molecule has 0 saturated carbocycles. The largest absolute Gasteiger partial charge is 0.506 e. The molecule has 0 unspecified atom stereocenters. The number of hydrogen-bond acceptors (Lipinski definition) is 3. The van der Waals surface area contributed by atoms with Gasteiger partial charge in [0, 0.05) is 5.56 Å². The number of benzene rings is 1. The van der Waals surface area contributed by atoms with Crippen molar-refractivity contribution < 1.29 is 14.6 Å². The SMILES string of the molecule is Cl.N[C@H](CO)c1cc(F)cc(Br)c1O. The average molecular weight is 287 g/mol. The lowest BCUT2D eigenvalue weighted by molar-refractivity contribution is 0.265. The number of rotatable bonds is 2. The monoisotopic (exact) mass is 285 g/mol. The molecule has 0 amide bonds. The van der Waals surface area contributed by atoms with E-state index in [1.165, 1.54) is 0 Å². The lowest BCUT2D eigenvalue weighted by Gasteiger charge is -2.11. The fourth-order valence-electron chi connectivity index (χ4n) is 0.967. The van der Waals surface area contributed by atoms with Crippen molar-refractivity contribution in [3.63, 3.8) is 0 Å². The molecule has 4 N–H and O–H groups in total. The highest BCUT2D eigenvalue weighted by Gasteiger charge is 2.13. The zero-order valence-corrected chi connectivity index (χ0v) is 9.48. The molecule has 1 atom stereocenters. The van der Waals surface area contributed by atoms with Crippen molar-refractivity contribution in [3.8, 4) is 5.75 Å². The van der Waals surface area contributed by atoms with E-state index in [1.807, 2.05) is 0 Å². The summed E-state index contributed by atoms with van der Waals surface area (Å²) in [5.41, 5.74) is 5.62. The second-order valence-electron chi connectivity index (χ2n) is 2.61. The molecule has 1 rings (SSSR count). The number of hydrogen-bond donors (Lipinski definition) is 3. The van der Waals surface area contributed by atoms with Crippen LogP contribution < -0.4 is 5.73 Å². The van der Waals surface area contributed by atoms with Crippen LogP contribution in [0.25, 0.3) is 0 Å². The van der Waals surface area contributed by atoms with Crippen molar-refractivity contribution >= 4 is 28.3 Å². The summed E-state index contributed by atoms with van der Waals surface area (Å²) in [6.07, 6.45) is 0. The molecule has 0 radical (unpaired) electrons. The molecular weight excluding hydrogens is 276 g/mol. The van der Waals surface area contributed by atoms with Crippen molar-refractivity contribution in [2.45, 2.75) is 6.04 Å². The third kappa shape index (κ3) is 2.81. The molecular formula is C8H10BrClFNO2. The summed E-state index contributed by atoms with van der Waals surface area (Å²) < 4.78 is 13.1. The minimum Gasteiger partial charge on any atom is -0.506 e. The first kappa shape index (κ1) is 13.6. The van der Waals surface area contributed by atoms with Crippen LogP contribution in [0.15, 0.2) is 16.6 Å². The lowest BCUT2D eigenvalue weighted by atomic mass is 10.1. The minimum absolute atomic E-state index is 0. The first-order valence-electron chi connectivity index (χ1n) is 3.60. The van der Waals surface area contributed by atoms with Gasteiger partial charge in [-0.25, -0.2) is 4.39 Å². The predicted molar refractivity (Wildman–Crippen MR) is 57.0 cm³/mol. The van der Waals surface area contributed by atoms with E-state index in [4.69, 9.17) is 10.8 Å². The molecule has 14 heavy (non-hydrogen) atoms. The Hall–Kier alpha value is -0.360. The van der Waals surface area contributed by atoms with Gasteiger partial charge in [-0.15, -0.1) is 12.4 Å². The number of aromatic hydroxyl groups is 1. The van der Waals surface area contributed by atoms with Crippen molar-refractivity contribution in [2.75, 3.05) is 6.61 Å². The van der Waals surface area contributed by atoms with E-state index in [0.717, 1.165) is 12.1 Å². The second-order valence-corrected chi connectivity index (χ2v) is 3.47. The van der Waals surface area contributed by atoms with Crippen molar-refractivity contribution in [3.05, 3.63) is 28.0 Å². The molecule has 80 valence electrons. The highest BCUT2D eigenvalue weighted by atomic mass is 79.9. The molecule has 0 fully saturated rings. The molecule has 0 aliphatic carbocycles. The Balaban J connectivity index is 0.00000169. The maximum Gasteiger partial charge on any atom is 0.134 e. The van der Waals surface area contributed by atoms with E-state index in [9.17, 15) is 9.50 Å². The molecule has 0 aromatic heterocycles. The zero-order chi connectivity index (χ0) is 10.0. The summed E-state index contributed by atoms with van der Waals surface area (Å²) in [5, 5.41) is 18.1. The Bertz CT molecular complexity index is 324. The number of phenolic OH excluding ortho intramolecular Hbond substituents is 1. The molecule has 0 bridgehead atoms. The highest BCUT2D eigenvalue weighted by Crippen LogP contribution is 2.31.